The largest absolute Gasteiger partial charge is 0.383 e. The third-order valence-corrected chi connectivity index (χ3v) is 5.23. The molecule has 1 aromatic carbocycles. The molecule has 2 aromatic rings. The Kier molecular flexibility index (Phi) is 7.42. The van der Waals surface area contributed by atoms with Crippen LogP contribution in [0.2, 0.25) is 0 Å². The normalized spacial score (nSPS) is 15.7. The van der Waals surface area contributed by atoms with Crippen LogP contribution in [0.1, 0.15) is 31.2 Å². The van der Waals surface area contributed by atoms with E-state index in [4.69, 9.17) is 4.74 Å². The molecular formula is C21H30N4O2. The third kappa shape index (κ3) is 6.19. The van der Waals surface area contributed by atoms with E-state index in [1.54, 1.807) is 13.3 Å². The van der Waals surface area contributed by atoms with Crippen molar-refractivity contribution < 1.29 is 9.53 Å². The number of nitrogens with zero attached hydrogens (tertiary/aromatic N) is 3. The molecule has 0 unspecified atom stereocenters. The number of piperidine rings is 1. The van der Waals surface area contributed by atoms with Crippen molar-refractivity contribution >= 4 is 5.91 Å². The summed E-state index contributed by atoms with van der Waals surface area (Å²) in [6.45, 7) is 4.39. The maximum absolute atomic E-state index is 11.8. The summed E-state index contributed by atoms with van der Waals surface area (Å²) < 4.78 is 6.82. The Bertz CT molecular complexity index is 677. The second-order valence-electron chi connectivity index (χ2n) is 7.22. The van der Waals surface area contributed by atoms with Crippen LogP contribution in [0.3, 0.4) is 0 Å². The Balaban J connectivity index is 1.36. The molecule has 146 valence electrons. The Hall–Kier alpha value is -2.18. The van der Waals surface area contributed by atoms with Crippen molar-refractivity contribution in [1.82, 2.24) is 20.0 Å². The summed E-state index contributed by atoms with van der Waals surface area (Å²) in [5.41, 5.74) is 2.42. The van der Waals surface area contributed by atoms with Gasteiger partial charge in [-0.1, -0.05) is 12.1 Å². The lowest BCUT2D eigenvalue weighted by molar-refractivity contribution is -0.121. The maximum atomic E-state index is 11.8. The van der Waals surface area contributed by atoms with Crippen LogP contribution in [-0.4, -0.2) is 53.9 Å². The lowest BCUT2D eigenvalue weighted by Crippen LogP contribution is -2.34. The number of aromatic nitrogens is 2. The average Bonchev–Trinajstić information content (AvgIpc) is 3.23. The van der Waals surface area contributed by atoms with Crippen LogP contribution >= 0.6 is 0 Å². The highest BCUT2D eigenvalue weighted by Gasteiger charge is 2.20. The highest BCUT2D eigenvalue weighted by molar-refractivity contribution is 5.75. The van der Waals surface area contributed by atoms with Gasteiger partial charge in [0.05, 0.1) is 12.3 Å². The number of rotatable bonds is 9. The van der Waals surface area contributed by atoms with Gasteiger partial charge in [-0.15, -0.1) is 0 Å². The van der Waals surface area contributed by atoms with E-state index >= 15 is 0 Å². The van der Waals surface area contributed by atoms with Gasteiger partial charge in [-0.05, 0) is 62.0 Å². The van der Waals surface area contributed by atoms with Gasteiger partial charge >= 0.3 is 0 Å². The summed E-state index contributed by atoms with van der Waals surface area (Å²) in [7, 11) is 1.65. The molecule has 1 fully saturated rings. The lowest BCUT2D eigenvalue weighted by atomic mass is 9.92. The number of hydrogen-bond donors (Lipinski definition) is 1. The number of carbonyl (C=O) groups excluding carboxylic acids is 1. The molecule has 6 heteroatoms. The van der Waals surface area contributed by atoms with Gasteiger partial charge in [0.15, 0.2) is 0 Å². The van der Waals surface area contributed by atoms with Gasteiger partial charge in [0.1, 0.15) is 0 Å². The van der Waals surface area contributed by atoms with Gasteiger partial charge in [0.25, 0.3) is 0 Å². The first-order valence-corrected chi connectivity index (χ1v) is 9.81. The van der Waals surface area contributed by atoms with Crippen molar-refractivity contribution in [2.45, 2.75) is 32.2 Å². The van der Waals surface area contributed by atoms with Crippen LogP contribution < -0.4 is 5.32 Å². The van der Waals surface area contributed by atoms with E-state index in [1.165, 1.54) is 18.4 Å². The van der Waals surface area contributed by atoms with Gasteiger partial charge in [0.2, 0.25) is 5.91 Å². The molecular weight excluding hydrogens is 340 g/mol. The van der Waals surface area contributed by atoms with Crippen LogP contribution in [-0.2, 0) is 16.1 Å². The summed E-state index contributed by atoms with van der Waals surface area (Å²) >= 11 is 0. The first kappa shape index (κ1) is 19.6. The molecule has 1 aliphatic heterocycles. The predicted molar refractivity (Wildman–Crippen MR) is 106 cm³/mol. The van der Waals surface area contributed by atoms with Crippen LogP contribution in [0.4, 0.5) is 0 Å². The second-order valence-corrected chi connectivity index (χ2v) is 7.22. The van der Waals surface area contributed by atoms with Gasteiger partial charge in [0, 0.05) is 39.0 Å². The van der Waals surface area contributed by atoms with Crippen molar-refractivity contribution in [3.8, 4) is 5.69 Å². The quantitative estimate of drug-likeness (QED) is 0.690. The molecule has 1 aromatic heterocycles. The molecule has 1 aliphatic rings. The van der Waals surface area contributed by atoms with Crippen molar-refractivity contribution in [3.63, 3.8) is 0 Å². The molecule has 0 spiro atoms. The molecule has 0 atom stereocenters. The van der Waals surface area contributed by atoms with Crippen molar-refractivity contribution in [1.29, 1.82) is 0 Å². The molecule has 27 heavy (non-hydrogen) atoms. The zero-order chi connectivity index (χ0) is 18.9. The minimum Gasteiger partial charge on any atom is -0.383 e. The minimum absolute atomic E-state index is 0.145. The SMILES string of the molecule is COCCNC(=O)CCC1CCN(Cc2ccc(-n3cccn3)cc2)CC1. The average molecular weight is 370 g/mol. The lowest BCUT2D eigenvalue weighted by Gasteiger charge is -2.32. The van der Waals surface area contributed by atoms with Crippen LogP contribution in [0, 0.1) is 5.92 Å². The van der Waals surface area contributed by atoms with Crippen LogP contribution in [0.25, 0.3) is 5.69 Å². The van der Waals surface area contributed by atoms with Crippen molar-refractivity contribution in [3.05, 3.63) is 48.3 Å². The van der Waals surface area contributed by atoms with Crippen LogP contribution in [0.5, 0.6) is 0 Å². The number of methoxy groups -OCH3 is 1. The summed E-state index contributed by atoms with van der Waals surface area (Å²) in [6.07, 6.45) is 7.72. The maximum Gasteiger partial charge on any atom is 0.220 e. The highest BCUT2D eigenvalue weighted by Crippen LogP contribution is 2.23. The summed E-state index contributed by atoms with van der Waals surface area (Å²) in [4.78, 5) is 14.3. The number of amides is 1. The second kappa shape index (κ2) is 10.2. The first-order valence-electron chi connectivity index (χ1n) is 9.81. The smallest absolute Gasteiger partial charge is 0.220 e. The number of benzene rings is 1. The Morgan fingerprint density at radius 1 is 1.26 bits per heavy atom. The standard InChI is InChI=1S/C21H30N4O2/c1-27-16-12-22-21(26)8-5-18-9-14-24(15-10-18)17-19-3-6-20(7-4-19)25-13-2-11-23-25/h2-4,6-7,11,13,18H,5,8-10,12,14-17H2,1H3,(H,22,26). The molecule has 0 bridgehead atoms. The molecule has 0 aliphatic carbocycles. The monoisotopic (exact) mass is 370 g/mol. The minimum atomic E-state index is 0.145. The molecule has 0 saturated carbocycles. The van der Waals surface area contributed by atoms with E-state index in [-0.39, 0.29) is 5.91 Å². The number of likely N-dealkylation sites (tertiary alicyclic amines) is 1. The predicted octanol–water partition coefficient (Wildman–Crippen LogP) is 2.63. The molecule has 6 nitrogen and oxygen atoms in total. The zero-order valence-corrected chi connectivity index (χ0v) is 16.1. The fraction of sp³-hybridized carbons (Fsp3) is 0.524. The van der Waals surface area contributed by atoms with E-state index in [1.807, 2.05) is 16.9 Å². The van der Waals surface area contributed by atoms with E-state index in [2.05, 4.69) is 39.6 Å². The number of hydrogen-bond acceptors (Lipinski definition) is 4. The molecule has 3 rings (SSSR count). The molecule has 0 radical (unpaired) electrons. The van der Waals surface area contributed by atoms with E-state index in [0.717, 1.165) is 31.7 Å². The van der Waals surface area contributed by atoms with Crippen molar-refractivity contribution in [2.75, 3.05) is 33.4 Å². The molecule has 1 saturated heterocycles. The summed E-state index contributed by atoms with van der Waals surface area (Å²) in [6, 6.07) is 10.6. The summed E-state index contributed by atoms with van der Waals surface area (Å²) in [5, 5.41) is 7.16. The van der Waals surface area contributed by atoms with Gasteiger partial charge < -0.3 is 10.1 Å². The number of ether oxygens (including phenoxy) is 1. The van der Waals surface area contributed by atoms with Gasteiger partial charge in [-0.3, -0.25) is 9.69 Å². The van der Waals surface area contributed by atoms with Gasteiger partial charge in [-0.2, -0.15) is 5.10 Å². The van der Waals surface area contributed by atoms with E-state index in [0.29, 0.717) is 25.5 Å². The highest BCUT2D eigenvalue weighted by atomic mass is 16.5. The first-order chi connectivity index (χ1) is 13.2. The topological polar surface area (TPSA) is 59.4 Å². The molecule has 1 amide bonds. The number of carbonyl (C=O) groups is 1. The van der Waals surface area contributed by atoms with E-state index < -0.39 is 0 Å². The van der Waals surface area contributed by atoms with Gasteiger partial charge in [-0.25, -0.2) is 4.68 Å². The summed E-state index contributed by atoms with van der Waals surface area (Å²) in [5.74, 6) is 0.809. The fourth-order valence-corrected chi connectivity index (χ4v) is 3.58. The van der Waals surface area contributed by atoms with Crippen LogP contribution in [0.15, 0.2) is 42.7 Å². The third-order valence-electron chi connectivity index (χ3n) is 5.23. The molecule has 1 N–H and O–H groups in total. The zero-order valence-electron chi connectivity index (χ0n) is 16.1. The van der Waals surface area contributed by atoms with E-state index in [9.17, 15) is 4.79 Å². The fourth-order valence-electron chi connectivity index (χ4n) is 3.58. The number of nitrogens with one attached hydrogen (secondary N) is 1. The Labute approximate surface area is 161 Å². The molecule has 2 heterocycles. The Morgan fingerprint density at radius 3 is 2.70 bits per heavy atom. The van der Waals surface area contributed by atoms with Crippen molar-refractivity contribution in [2.24, 2.45) is 5.92 Å². The Morgan fingerprint density at radius 2 is 2.04 bits per heavy atom.